The number of hydrogen-bond donors (Lipinski definition) is 0. The van der Waals surface area contributed by atoms with E-state index >= 15 is 0 Å². The highest BCUT2D eigenvalue weighted by atomic mass is 32.1. The van der Waals surface area contributed by atoms with Gasteiger partial charge in [-0.1, -0.05) is 12.1 Å². The van der Waals surface area contributed by atoms with E-state index in [1.165, 1.54) is 4.70 Å². The molecule has 0 spiro atoms. The van der Waals surface area contributed by atoms with E-state index in [9.17, 15) is 4.79 Å². The van der Waals surface area contributed by atoms with Crippen LogP contribution in [-0.4, -0.2) is 35.5 Å². The van der Waals surface area contributed by atoms with Crippen LogP contribution in [0.15, 0.2) is 42.5 Å². The Morgan fingerprint density at radius 2 is 1.93 bits per heavy atom. The predicted molar refractivity (Wildman–Crippen MR) is 105 cm³/mol. The van der Waals surface area contributed by atoms with Gasteiger partial charge in [0, 0.05) is 12.1 Å². The van der Waals surface area contributed by atoms with Gasteiger partial charge in [-0.05, 0) is 49.6 Å². The van der Waals surface area contributed by atoms with Crippen LogP contribution >= 0.6 is 11.3 Å². The summed E-state index contributed by atoms with van der Waals surface area (Å²) in [5, 5.41) is 1.03. The van der Waals surface area contributed by atoms with E-state index in [-0.39, 0.29) is 11.9 Å². The summed E-state index contributed by atoms with van der Waals surface area (Å²) in [5.41, 5.74) is 1.65. The molecular formula is C21H20N2O3S. The van der Waals surface area contributed by atoms with Crippen molar-refractivity contribution in [1.29, 1.82) is 0 Å². The normalized spacial score (nSPS) is 19.3. The standard InChI is InChI=1S/C21H20N2O3S/c24-21(14-8-9-17-18(13-14)26-12-11-25-17)23-10-4-3-6-16(23)20-22-15-5-1-2-7-19(15)27-20/h1-2,5,7-9,13,16H,3-4,6,10-12H2/t16-/m0/s1. The van der Waals surface area contributed by atoms with Crippen molar-refractivity contribution in [2.45, 2.75) is 25.3 Å². The summed E-state index contributed by atoms with van der Waals surface area (Å²) in [6, 6.07) is 13.7. The summed E-state index contributed by atoms with van der Waals surface area (Å²) >= 11 is 1.69. The van der Waals surface area contributed by atoms with E-state index < -0.39 is 0 Å². The molecule has 2 aromatic carbocycles. The summed E-state index contributed by atoms with van der Waals surface area (Å²) in [5.74, 6) is 1.40. The van der Waals surface area contributed by atoms with E-state index in [2.05, 4.69) is 6.07 Å². The second kappa shape index (κ2) is 6.85. The number of para-hydroxylation sites is 1. The number of likely N-dealkylation sites (tertiary alicyclic amines) is 1. The molecule has 0 bridgehead atoms. The van der Waals surface area contributed by atoms with Crippen molar-refractivity contribution in [1.82, 2.24) is 9.88 Å². The monoisotopic (exact) mass is 380 g/mol. The molecule has 2 aliphatic heterocycles. The third-order valence-electron chi connectivity index (χ3n) is 5.15. The van der Waals surface area contributed by atoms with Crippen LogP contribution in [0, 0.1) is 0 Å². The van der Waals surface area contributed by atoms with E-state index in [0.717, 1.165) is 36.3 Å². The van der Waals surface area contributed by atoms with Crippen LogP contribution in [0.4, 0.5) is 0 Å². The van der Waals surface area contributed by atoms with Crippen molar-refractivity contribution >= 4 is 27.5 Å². The molecule has 1 saturated heterocycles. The highest BCUT2D eigenvalue weighted by molar-refractivity contribution is 7.18. The number of aromatic nitrogens is 1. The Hall–Kier alpha value is -2.60. The number of fused-ring (bicyclic) bond motifs is 2. The lowest BCUT2D eigenvalue weighted by Crippen LogP contribution is -2.38. The third-order valence-corrected chi connectivity index (χ3v) is 6.29. The van der Waals surface area contributed by atoms with Gasteiger partial charge in [0.2, 0.25) is 0 Å². The molecule has 0 saturated carbocycles. The summed E-state index contributed by atoms with van der Waals surface area (Å²) < 4.78 is 12.4. The molecule has 0 N–H and O–H groups in total. The van der Waals surface area contributed by atoms with Crippen LogP contribution < -0.4 is 9.47 Å². The average molecular weight is 380 g/mol. The van der Waals surface area contributed by atoms with Crippen molar-refractivity contribution in [2.75, 3.05) is 19.8 Å². The number of amides is 1. The second-order valence-electron chi connectivity index (χ2n) is 6.89. The first-order valence-electron chi connectivity index (χ1n) is 9.36. The first kappa shape index (κ1) is 16.6. The number of thiazole rings is 1. The number of carbonyl (C=O) groups is 1. The van der Waals surface area contributed by atoms with Gasteiger partial charge in [0.05, 0.1) is 16.3 Å². The smallest absolute Gasteiger partial charge is 0.254 e. The fraction of sp³-hybridized carbons (Fsp3) is 0.333. The minimum absolute atomic E-state index is 0.0379. The predicted octanol–water partition coefficient (Wildman–Crippen LogP) is 4.43. The number of benzene rings is 2. The summed E-state index contributed by atoms with van der Waals surface area (Å²) in [7, 11) is 0. The number of rotatable bonds is 2. The van der Waals surface area contributed by atoms with Crippen molar-refractivity contribution < 1.29 is 14.3 Å². The molecule has 5 nitrogen and oxygen atoms in total. The Labute approximate surface area is 161 Å². The van der Waals surface area contributed by atoms with Crippen molar-refractivity contribution in [3.63, 3.8) is 0 Å². The van der Waals surface area contributed by atoms with Crippen molar-refractivity contribution in [2.24, 2.45) is 0 Å². The fourth-order valence-corrected chi connectivity index (χ4v) is 4.92. The quantitative estimate of drug-likeness (QED) is 0.660. The van der Waals surface area contributed by atoms with E-state index in [4.69, 9.17) is 14.5 Å². The van der Waals surface area contributed by atoms with Crippen LogP contribution in [0.5, 0.6) is 11.5 Å². The van der Waals surface area contributed by atoms with Gasteiger partial charge in [0.1, 0.15) is 18.2 Å². The Morgan fingerprint density at radius 1 is 1.07 bits per heavy atom. The molecule has 0 unspecified atom stereocenters. The highest BCUT2D eigenvalue weighted by Gasteiger charge is 2.31. The summed E-state index contributed by atoms with van der Waals surface area (Å²) in [6.45, 7) is 1.82. The molecule has 1 fully saturated rings. The molecule has 3 heterocycles. The van der Waals surface area contributed by atoms with Crippen LogP contribution in [0.25, 0.3) is 10.2 Å². The van der Waals surface area contributed by atoms with Gasteiger partial charge >= 0.3 is 0 Å². The molecule has 0 radical (unpaired) electrons. The number of piperidine rings is 1. The zero-order valence-corrected chi connectivity index (χ0v) is 15.7. The topological polar surface area (TPSA) is 51.7 Å². The maximum Gasteiger partial charge on any atom is 0.254 e. The first-order chi connectivity index (χ1) is 13.3. The SMILES string of the molecule is O=C(c1ccc2c(c1)OCCO2)N1CCCC[C@H]1c1nc2ccccc2s1. The van der Waals surface area contributed by atoms with Crippen LogP contribution in [0.3, 0.4) is 0 Å². The lowest BCUT2D eigenvalue weighted by atomic mass is 10.0. The van der Waals surface area contributed by atoms with Crippen LogP contribution in [0.1, 0.15) is 40.7 Å². The Balaban J connectivity index is 1.47. The molecule has 2 aliphatic rings. The number of ether oxygens (including phenoxy) is 2. The highest BCUT2D eigenvalue weighted by Crippen LogP contribution is 2.37. The molecule has 27 heavy (non-hydrogen) atoms. The minimum atomic E-state index is 0.0379. The maximum absolute atomic E-state index is 13.3. The molecule has 0 aliphatic carbocycles. The minimum Gasteiger partial charge on any atom is -0.486 e. The van der Waals surface area contributed by atoms with Gasteiger partial charge in [-0.15, -0.1) is 11.3 Å². The average Bonchev–Trinajstić information content (AvgIpc) is 3.17. The zero-order valence-electron chi connectivity index (χ0n) is 14.9. The molecule has 5 rings (SSSR count). The third kappa shape index (κ3) is 3.04. The molecule has 138 valence electrons. The Kier molecular flexibility index (Phi) is 4.20. The van der Waals surface area contributed by atoms with Gasteiger partial charge < -0.3 is 14.4 Å². The summed E-state index contributed by atoms with van der Waals surface area (Å²) in [4.78, 5) is 20.1. The van der Waals surface area contributed by atoms with Crippen LogP contribution in [-0.2, 0) is 0 Å². The molecule has 6 heteroatoms. The second-order valence-corrected chi connectivity index (χ2v) is 7.95. The van der Waals surface area contributed by atoms with Gasteiger partial charge in [-0.2, -0.15) is 0 Å². The van der Waals surface area contributed by atoms with Crippen molar-refractivity contribution in [3.8, 4) is 11.5 Å². The van der Waals surface area contributed by atoms with E-state index in [1.807, 2.05) is 35.2 Å². The number of nitrogens with zero attached hydrogens (tertiary/aromatic N) is 2. The molecule has 1 amide bonds. The maximum atomic E-state index is 13.3. The summed E-state index contributed by atoms with van der Waals surface area (Å²) in [6.07, 6.45) is 3.10. The Morgan fingerprint density at radius 3 is 2.81 bits per heavy atom. The lowest BCUT2D eigenvalue weighted by molar-refractivity contribution is 0.0610. The van der Waals surface area contributed by atoms with E-state index in [0.29, 0.717) is 30.3 Å². The molecule has 3 aromatic rings. The molecular weight excluding hydrogens is 360 g/mol. The van der Waals surface area contributed by atoms with Gasteiger partial charge in [-0.3, -0.25) is 4.79 Å². The van der Waals surface area contributed by atoms with E-state index in [1.54, 1.807) is 17.4 Å². The fourth-order valence-electron chi connectivity index (χ4n) is 3.81. The van der Waals surface area contributed by atoms with Crippen LogP contribution in [0.2, 0.25) is 0 Å². The van der Waals surface area contributed by atoms with Crippen molar-refractivity contribution in [3.05, 3.63) is 53.0 Å². The number of carbonyl (C=O) groups excluding carboxylic acids is 1. The first-order valence-corrected chi connectivity index (χ1v) is 10.2. The van der Waals surface area contributed by atoms with Gasteiger partial charge in [-0.25, -0.2) is 4.98 Å². The van der Waals surface area contributed by atoms with Gasteiger partial charge in [0.15, 0.2) is 11.5 Å². The molecule has 1 aromatic heterocycles. The number of hydrogen-bond acceptors (Lipinski definition) is 5. The Bertz CT molecular complexity index is 967. The lowest BCUT2D eigenvalue weighted by Gasteiger charge is -2.34. The zero-order chi connectivity index (χ0) is 18.2. The van der Waals surface area contributed by atoms with Gasteiger partial charge in [0.25, 0.3) is 5.91 Å². The molecule has 1 atom stereocenters. The largest absolute Gasteiger partial charge is 0.486 e.